The number of nitrogens with one attached hydrogen (secondary N) is 1. The first-order valence-corrected chi connectivity index (χ1v) is 5.79. The third-order valence-corrected chi connectivity index (χ3v) is 3.55. The monoisotopic (exact) mass is 182 g/mol. The van der Waals surface area contributed by atoms with E-state index >= 15 is 0 Å². The summed E-state index contributed by atoms with van der Waals surface area (Å²) >= 11 is 0. The van der Waals surface area contributed by atoms with Crippen molar-refractivity contribution in [1.29, 1.82) is 0 Å². The van der Waals surface area contributed by atoms with Crippen molar-refractivity contribution in [2.75, 3.05) is 13.1 Å². The molecule has 0 aromatic heterocycles. The van der Waals surface area contributed by atoms with Crippen LogP contribution in [0.25, 0.3) is 0 Å². The minimum Gasteiger partial charge on any atom is -0.309 e. The van der Waals surface area contributed by atoms with E-state index in [1.54, 1.807) is 0 Å². The number of nitrogens with zero attached hydrogens (tertiary/aromatic N) is 1. The van der Waals surface area contributed by atoms with Gasteiger partial charge < -0.3 is 5.32 Å². The van der Waals surface area contributed by atoms with Gasteiger partial charge >= 0.3 is 0 Å². The molecular weight excluding hydrogens is 160 g/mol. The van der Waals surface area contributed by atoms with E-state index in [4.69, 9.17) is 0 Å². The van der Waals surface area contributed by atoms with Crippen molar-refractivity contribution in [3.63, 3.8) is 0 Å². The van der Waals surface area contributed by atoms with Crippen molar-refractivity contribution in [2.45, 2.75) is 57.7 Å². The van der Waals surface area contributed by atoms with Crippen molar-refractivity contribution < 1.29 is 0 Å². The van der Waals surface area contributed by atoms with Crippen LogP contribution in [0.3, 0.4) is 0 Å². The molecule has 2 nitrogen and oxygen atoms in total. The Bertz CT molecular complexity index is 153. The molecule has 3 aliphatic rings. The molecule has 76 valence electrons. The molecule has 1 N–H and O–H groups in total. The average molecular weight is 182 g/mol. The number of hydrogen-bond acceptors (Lipinski definition) is 2. The van der Waals surface area contributed by atoms with E-state index in [9.17, 15) is 0 Å². The average Bonchev–Trinajstić information content (AvgIpc) is 2.13. The Kier molecular flexibility index (Phi) is 2.89. The summed E-state index contributed by atoms with van der Waals surface area (Å²) in [6.45, 7) is 7.26. The first kappa shape index (κ1) is 9.47. The van der Waals surface area contributed by atoms with E-state index in [1.165, 1.54) is 38.8 Å². The highest BCUT2D eigenvalue weighted by atomic mass is 15.3. The minimum absolute atomic E-state index is 0.812. The Morgan fingerprint density at radius 3 is 2.54 bits per heavy atom. The predicted octanol–water partition coefficient (Wildman–Crippen LogP) is 1.61. The first-order chi connectivity index (χ1) is 6.29. The molecule has 2 bridgehead atoms. The molecule has 0 amide bonds. The SMILES string of the molecule is CCCCC(C)N1CC2CC(C1)N2. The lowest BCUT2D eigenvalue weighted by Gasteiger charge is -2.50. The lowest BCUT2D eigenvalue weighted by molar-refractivity contribution is 0.0477. The predicted molar refractivity (Wildman–Crippen MR) is 55.9 cm³/mol. The summed E-state index contributed by atoms with van der Waals surface area (Å²) in [5.41, 5.74) is 0. The van der Waals surface area contributed by atoms with Crippen molar-refractivity contribution in [2.24, 2.45) is 0 Å². The van der Waals surface area contributed by atoms with Crippen LogP contribution >= 0.6 is 0 Å². The Balaban J connectivity index is 1.74. The van der Waals surface area contributed by atoms with Crippen molar-refractivity contribution in [3.8, 4) is 0 Å². The lowest BCUT2D eigenvalue weighted by atomic mass is 9.90. The molecule has 3 saturated heterocycles. The quantitative estimate of drug-likeness (QED) is 0.710. The van der Waals surface area contributed by atoms with Crippen LogP contribution in [0, 0.1) is 0 Å². The van der Waals surface area contributed by atoms with Crippen molar-refractivity contribution in [3.05, 3.63) is 0 Å². The van der Waals surface area contributed by atoms with Crippen molar-refractivity contribution >= 4 is 0 Å². The van der Waals surface area contributed by atoms with E-state index in [0.29, 0.717) is 0 Å². The molecule has 3 rings (SSSR count). The van der Waals surface area contributed by atoms with Crippen LogP contribution in [0.1, 0.15) is 39.5 Å². The van der Waals surface area contributed by atoms with Crippen LogP contribution in [-0.4, -0.2) is 36.1 Å². The Morgan fingerprint density at radius 2 is 2.00 bits per heavy atom. The summed E-state index contributed by atoms with van der Waals surface area (Å²) in [5.74, 6) is 0. The fourth-order valence-corrected chi connectivity index (χ4v) is 2.59. The molecule has 0 spiro atoms. The van der Waals surface area contributed by atoms with Gasteiger partial charge in [0.25, 0.3) is 0 Å². The molecule has 0 aliphatic carbocycles. The van der Waals surface area contributed by atoms with Crippen molar-refractivity contribution in [1.82, 2.24) is 10.2 Å². The van der Waals surface area contributed by atoms with Gasteiger partial charge in [-0.1, -0.05) is 19.8 Å². The largest absolute Gasteiger partial charge is 0.309 e. The lowest BCUT2D eigenvalue weighted by Crippen LogP contribution is -2.67. The number of rotatable bonds is 4. The van der Waals surface area contributed by atoms with Gasteiger partial charge in [0, 0.05) is 31.2 Å². The second-order valence-corrected chi connectivity index (χ2v) is 4.74. The van der Waals surface area contributed by atoms with Gasteiger partial charge in [0.2, 0.25) is 0 Å². The van der Waals surface area contributed by atoms with Gasteiger partial charge in [-0.15, -0.1) is 0 Å². The maximum atomic E-state index is 3.58. The minimum atomic E-state index is 0.812. The fourth-order valence-electron chi connectivity index (χ4n) is 2.59. The van der Waals surface area contributed by atoms with Gasteiger partial charge in [-0.05, 0) is 19.8 Å². The molecule has 3 fully saturated rings. The number of piperazine rings is 1. The van der Waals surface area contributed by atoms with Crippen LogP contribution in [0.15, 0.2) is 0 Å². The molecule has 0 aromatic carbocycles. The molecule has 0 radical (unpaired) electrons. The van der Waals surface area contributed by atoms with Gasteiger partial charge in [-0.3, -0.25) is 4.90 Å². The van der Waals surface area contributed by atoms with Gasteiger partial charge in [0.1, 0.15) is 0 Å². The molecule has 3 unspecified atom stereocenters. The normalized spacial score (nSPS) is 35.5. The van der Waals surface area contributed by atoms with E-state index < -0.39 is 0 Å². The topological polar surface area (TPSA) is 15.3 Å². The Hall–Kier alpha value is -0.0800. The van der Waals surface area contributed by atoms with Gasteiger partial charge in [-0.25, -0.2) is 0 Å². The van der Waals surface area contributed by atoms with Gasteiger partial charge in [-0.2, -0.15) is 0 Å². The molecule has 3 aliphatic heterocycles. The zero-order valence-corrected chi connectivity index (χ0v) is 8.92. The summed E-state index contributed by atoms with van der Waals surface area (Å²) in [4.78, 5) is 2.67. The van der Waals surface area contributed by atoms with E-state index in [0.717, 1.165) is 18.1 Å². The molecular formula is C11H22N2. The highest BCUT2D eigenvalue weighted by Crippen LogP contribution is 2.23. The summed E-state index contributed by atoms with van der Waals surface area (Å²) < 4.78 is 0. The van der Waals surface area contributed by atoms with Crippen LogP contribution in [0.4, 0.5) is 0 Å². The zero-order valence-electron chi connectivity index (χ0n) is 8.92. The highest BCUT2D eigenvalue weighted by molar-refractivity contribution is 4.98. The number of unbranched alkanes of at least 4 members (excludes halogenated alkanes) is 1. The smallest absolute Gasteiger partial charge is 0.0213 e. The number of piperidine rings is 1. The molecule has 13 heavy (non-hydrogen) atoms. The van der Waals surface area contributed by atoms with Crippen LogP contribution < -0.4 is 5.32 Å². The molecule has 0 aromatic rings. The van der Waals surface area contributed by atoms with E-state index in [1.807, 2.05) is 0 Å². The summed E-state index contributed by atoms with van der Waals surface area (Å²) in [6.07, 6.45) is 5.54. The van der Waals surface area contributed by atoms with Gasteiger partial charge in [0.15, 0.2) is 0 Å². The van der Waals surface area contributed by atoms with Crippen LogP contribution in [0.2, 0.25) is 0 Å². The van der Waals surface area contributed by atoms with E-state index in [-0.39, 0.29) is 0 Å². The second kappa shape index (κ2) is 3.97. The molecule has 3 heterocycles. The first-order valence-electron chi connectivity index (χ1n) is 5.79. The molecule has 0 saturated carbocycles. The third kappa shape index (κ3) is 2.05. The Labute approximate surface area is 81.7 Å². The maximum Gasteiger partial charge on any atom is 0.0213 e. The number of fused-ring (bicyclic) bond motifs is 2. The number of hydrogen-bond donors (Lipinski definition) is 1. The summed E-state index contributed by atoms with van der Waals surface area (Å²) in [7, 11) is 0. The third-order valence-electron chi connectivity index (χ3n) is 3.55. The van der Waals surface area contributed by atoms with E-state index in [2.05, 4.69) is 24.1 Å². The van der Waals surface area contributed by atoms with Gasteiger partial charge in [0.05, 0.1) is 0 Å². The molecule has 3 atom stereocenters. The standard InChI is InChI=1S/C11H22N2/c1-3-4-5-9(2)13-7-10-6-11(8-13)12-10/h9-12H,3-8H2,1-2H3. The van der Waals surface area contributed by atoms with Crippen LogP contribution in [-0.2, 0) is 0 Å². The summed E-state index contributed by atoms with van der Waals surface area (Å²) in [6, 6.07) is 2.46. The zero-order chi connectivity index (χ0) is 9.26. The fraction of sp³-hybridized carbons (Fsp3) is 1.00. The highest BCUT2D eigenvalue weighted by Gasteiger charge is 2.37. The summed E-state index contributed by atoms with van der Waals surface area (Å²) in [5, 5.41) is 3.58. The van der Waals surface area contributed by atoms with Crippen LogP contribution in [0.5, 0.6) is 0 Å². The molecule has 2 heteroatoms. The second-order valence-electron chi connectivity index (χ2n) is 4.74. The Morgan fingerprint density at radius 1 is 1.38 bits per heavy atom. The maximum absolute atomic E-state index is 3.58.